The molecule has 0 bridgehead atoms. The molecule has 1 aromatic rings. The lowest BCUT2D eigenvalue weighted by molar-refractivity contribution is -0.384. The maximum absolute atomic E-state index is 11.8. The summed E-state index contributed by atoms with van der Waals surface area (Å²) in [7, 11) is 1.45. The summed E-state index contributed by atoms with van der Waals surface area (Å²) >= 11 is 0. The number of non-ortho nitro benzene ring substituents is 1. The molecular weight excluding hydrogens is 262 g/mol. The summed E-state index contributed by atoms with van der Waals surface area (Å²) in [5, 5.41) is 16.4. The number of rotatable bonds is 7. The van der Waals surface area contributed by atoms with E-state index in [2.05, 4.69) is 10.6 Å². The molecule has 7 nitrogen and oxygen atoms in total. The number of nitro benzene ring substituents is 1. The molecule has 1 saturated carbocycles. The highest BCUT2D eigenvalue weighted by molar-refractivity contribution is 5.94. The topological polar surface area (TPSA) is 93.5 Å². The van der Waals surface area contributed by atoms with E-state index in [1.165, 1.54) is 38.2 Å². The molecule has 20 heavy (non-hydrogen) atoms. The van der Waals surface area contributed by atoms with Crippen molar-refractivity contribution in [2.75, 3.05) is 25.5 Å². The van der Waals surface area contributed by atoms with Crippen LogP contribution in [-0.4, -0.2) is 31.0 Å². The number of nitrogens with zero attached hydrogens (tertiary/aromatic N) is 1. The van der Waals surface area contributed by atoms with E-state index in [1.54, 1.807) is 0 Å². The number of benzene rings is 1. The lowest BCUT2D eigenvalue weighted by Gasteiger charge is -2.10. The summed E-state index contributed by atoms with van der Waals surface area (Å²) in [4.78, 5) is 22.0. The third kappa shape index (κ3) is 3.92. The molecule has 0 unspecified atom stereocenters. The quantitative estimate of drug-likeness (QED) is 0.583. The molecule has 0 aliphatic heterocycles. The molecule has 0 spiro atoms. The Morgan fingerprint density at radius 3 is 2.85 bits per heavy atom. The van der Waals surface area contributed by atoms with Crippen LogP contribution in [0.3, 0.4) is 0 Å². The second-order valence-corrected chi connectivity index (χ2v) is 4.76. The Labute approximate surface area is 116 Å². The Morgan fingerprint density at radius 2 is 2.25 bits per heavy atom. The molecule has 0 aromatic heterocycles. The molecule has 1 aliphatic rings. The average molecular weight is 279 g/mol. The molecule has 108 valence electrons. The fraction of sp³-hybridized carbons (Fsp3) is 0.462. The first-order valence-electron chi connectivity index (χ1n) is 6.43. The van der Waals surface area contributed by atoms with Gasteiger partial charge in [-0.2, -0.15) is 0 Å². The third-order valence-corrected chi connectivity index (χ3v) is 3.08. The van der Waals surface area contributed by atoms with Crippen LogP contribution < -0.4 is 15.4 Å². The van der Waals surface area contributed by atoms with Crippen molar-refractivity contribution in [3.8, 4) is 5.75 Å². The molecule has 1 amide bonds. The molecule has 0 saturated heterocycles. The maximum atomic E-state index is 11.8. The van der Waals surface area contributed by atoms with Gasteiger partial charge in [0, 0.05) is 12.1 Å². The van der Waals surface area contributed by atoms with Gasteiger partial charge in [-0.15, -0.1) is 0 Å². The minimum atomic E-state index is -0.513. The second-order valence-electron chi connectivity index (χ2n) is 4.76. The second kappa shape index (κ2) is 6.33. The molecule has 1 aliphatic carbocycles. The first kappa shape index (κ1) is 14.3. The van der Waals surface area contributed by atoms with Crippen LogP contribution in [0, 0.1) is 16.0 Å². The van der Waals surface area contributed by atoms with E-state index in [4.69, 9.17) is 4.74 Å². The number of methoxy groups -OCH3 is 1. The number of hydrogen-bond acceptors (Lipinski definition) is 5. The van der Waals surface area contributed by atoms with Crippen molar-refractivity contribution < 1.29 is 14.5 Å². The number of ether oxygens (including phenoxy) is 1. The third-order valence-electron chi connectivity index (χ3n) is 3.08. The van der Waals surface area contributed by atoms with Crippen LogP contribution in [0.4, 0.5) is 11.4 Å². The number of nitrogens with one attached hydrogen (secondary N) is 2. The van der Waals surface area contributed by atoms with E-state index in [1.807, 2.05) is 0 Å². The standard InChI is InChI=1S/C13H17N3O4/c1-20-12-5-4-10(16(18)19)6-11(12)15-13(17)8-14-7-9-2-3-9/h4-6,9,14H,2-3,7-8H2,1H3,(H,15,17). The predicted octanol–water partition coefficient (Wildman–Crippen LogP) is 1.54. The smallest absolute Gasteiger partial charge is 0.271 e. The first-order chi connectivity index (χ1) is 9.60. The van der Waals surface area contributed by atoms with E-state index in [-0.39, 0.29) is 18.1 Å². The zero-order valence-corrected chi connectivity index (χ0v) is 11.2. The van der Waals surface area contributed by atoms with Gasteiger partial charge in [-0.3, -0.25) is 14.9 Å². The van der Waals surface area contributed by atoms with Gasteiger partial charge in [0.15, 0.2) is 0 Å². The van der Waals surface area contributed by atoms with Crippen molar-refractivity contribution in [3.05, 3.63) is 28.3 Å². The van der Waals surface area contributed by atoms with E-state index in [0.29, 0.717) is 17.4 Å². The van der Waals surface area contributed by atoms with Gasteiger partial charge in [0.2, 0.25) is 5.91 Å². The summed E-state index contributed by atoms with van der Waals surface area (Å²) in [6, 6.07) is 4.09. The van der Waals surface area contributed by atoms with Crippen LogP contribution in [-0.2, 0) is 4.79 Å². The van der Waals surface area contributed by atoms with Crippen molar-refractivity contribution in [2.24, 2.45) is 5.92 Å². The van der Waals surface area contributed by atoms with Crippen molar-refractivity contribution >= 4 is 17.3 Å². The van der Waals surface area contributed by atoms with Gasteiger partial charge >= 0.3 is 0 Å². The zero-order valence-electron chi connectivity index (χ0n) is 11.2. The summed E-state index contributed by atoms with van der Waals surface area (Å²) in [6.07, 6.45) is 2.43. The minimum absolute atomic E-state index is 0.0907. The van der Waals surface area contributed by atoms with Gasteiger partial charge in [0.25, 0.3) is 5.69 Å². The minimum Gasteiger partial charge on any atom is -0.495 e. The number of carbonyl (C=O) groups excluding carboxylic acids is 1. The summed E-state index contributed by atoms with van der Waals surface area (Å²) in [6.45, 7) is 1.02. The van der Waals surface area contributed by atoms with Crippen LogP contribution in [0.15, 0.2) is 18.2 Å². The Balaban J connectivity index is 1.96. The molecule has 1 aromatic carbocycles. The molecule has 0 radical (unpaired) electrons. The number of nitro groups is 1. The molecule has 0 atom stereocenters. The molecule has 1 fully saturated rings. The fourth-order valence-corrected chi connectivity index (χ4v) is 1.81. The lowest BCUT2D eigenvalue weighted by Crippen LogP contribution is -2.29. The van der Waals surface area contributed by atoms with Gasteiger partial charge in [-0.05, 0) is 31.4 Å². The predicted molar refractivity (Wildman–Crippen MR) is 73.9 cm³/mol. The van der Waals surface area contributed by atoms with Crippen molar-refractivity contribution in [2.45, 2.75) is 12.8 Å². The van der Waals surface area contributed by atoms with E-state index < -0.39 is 4.92 Å². The van der Waals surface area contributed by atoms with Crippen molar-refractivity contribution in [3.63, 3.8) is 0 Å². The van der Waals surface area contributed by atoms with Crippen LogP contribution in [0.2, 0.25) is 0 Å². The van der Waals surface area contributed by atoms with Gasteiger partial charge in [-0.25, -0.2) is 0 Å². The largest absolute Gasteiger partial charge is 0.495 e. The highest BCUT2D eigenvalue weighted by atomic mass is 16.6. The Hall–Kier alpha value is -2.15. The van der Waals surface area contributed by atoms with E-state index >= 15 is 0 Å². The van der Waals surface area contributed by atoms with E-state index in [0.717, 1.165) is 6.54 Å². The number of hydrogen-bond donors (Lipinski definition) is 2. The number of anilines is 1. The average Bonchev–Trinajstić information content (AvgIpc) is 3.22. The number of carbonyl (C=O) groups is 1. The zero-order chi connectivity index (χ0) is 14.5. The molecule has 0 heterocycles. The molecule has 7 heteroatoms. The Morgan fingerprint density at radius 1 is 1.50 bits per heavy atom. The normalized spacial score (nSPS) is 13.8. The highest BCUT2D eigenvalue weighted by Gasteiger charge is 2.20. The fourth-order valence-electron chi connectivity index (χ4n) is 1.81. The summed E-state index contributed by atoms with van der Waals surface area (Å²) < 4.78 is 5.08. The van der Waals surface area contributed by atoms with Crippen LogP contribution in [0.1, 0.15) is 12.8 Å². The van der Waals surface area contributed by atoms with Gasteiger partial charge in [-0.1, -0.05) is 0 Å². The van der Waals surface area contributed by atoms with Gasteiger partial charge in [0.1, 0.15) is 5.75 Å². The maximum Gasteiger partial charge on any atom is 0.271 e. The van der Waals surface area contributed by atoms with Crippen molar-refractivity contribution in [1.29, 1.82) is 0 Å². The Kier molecular flexibility index (Phi) is 4.52. The molecule has 2 rings (SSSR count). The van der Waals surface area contributed by atoms with E-state index in [9.17, 15) is 14.9 Å². The molecule has 2 N–H and O–H groups in total. The van der Waals surface area contributed by atoms with Crippen LogP contribution >= 0.6 is 0 Å². The van der Waals surface area contributed by atoms with Crippen LogP contribution in [0.25, 0.3) is 0 Å². The monoisotopic (exact) mass is 279 g/mol. The van der Waals surface area contributed by atoms with Crippen molar-refractivity contribution in [1.82, 2.24) is 5.32 Å². The Bertz CT molecular complexity index is 514. The van der Waals surface area contributed by atoms with Crippen LogP contribution in [0.5, 0.6) is 5.75 Å². The molecular formula is C13H17N3O4. The summed E-state index contributed by atoms with van der Waals surface area (Å²) in [5.41, 5.74) is 0.215. The SMILES string of the molecule is COc1ccc([N+](=O)[O-])cc1NC(=O)CNCC1CC1. The highest BCUT2D eigenvalue weighted by Crippen LogP contribution is 2.29. The number of amides is 1. The first-order valence-corrected chi connectivity index (χ1v) is 6.43. The van der Waals surface area contributed by atoms with Gasteiger partial charge < -0.3 is 15.4 Å². The lowest BCUT2D eigenvalue weighted by atomic mass is 10.2. The summed E-state index contributed by atoms with van der Waals surface area (Å²) in [5.74, 6) is 0.839. The van der Waals surface area contributed by atoms with Gasteiger partial charge in [0.05, 0.1) is 24.3 Å².